The van der Waals surface area contributed by atoms with Gasteiger partial charge in [0.15, 0.2) is 0 Å². The third kappa shape index (κ3) is 3.97. The molecule has 1 aromatic heterocycles. The molecule has 2 rings (SSSR count). The van der Waals surface area contributed by atoms with Crippen LogP contribution < -0.4 is 5.73 Å². The van der Waals surface area contributed by atoms with Crippen LogP contribution in [0.1, 0.15) is 16.5 Å². The molecule has 0 saturated carbocycles. The minimum absolute atomic E-state index is 0.166. The molecule has 18 heavy (non-hydrogen) atoms. The van der Waals surface area contributed by atoms with Crippen LogP contribution in [0.25, 0.3) is 0 Å². The van der Waals surface area contributed by atoms with Crippen molar-refractivity contribution in [1.29, 1.82) is 0 Å². The number of aliphatic carboxylic acids is 1. The normalized spacial score (nSPS) is 18.6. The molecular formula is C10H12F3NO3S. The Hall–Kier alpha value is -1.12. The lowest BCUT2D eigenvalue weighted by atomic mass is 10.1. The van der Waals surface area contributed by atoms with Gasteiger partial charge < -0.3 is 15.6 Å². The highest BCUT2D eigenvalue weighted by Gasteiger charge is 2.38. The van der Waals surface area contributed by atoms with Crippen LogP contribution >= 0.6 is 11.3 Å². The van der Waals surface area contributed by atoms with E-state index >= 15 is 0 Å². The van der Waals surface area contributed by atoms with Crippen LogP contribution in [-0.4, -0.2) is 30.4 Å². The Morgan fingerprint density at radius 3 is 2.72 bits per heavy atom. The minimum Gasteiger partial charge on any atom is -0.475 e. The maximum absolute atomic E-state index is 10.6. The number of nitrogens with two attached hydrogens (primary N) is 1. The molecule has 2 heterocycles. The summed E-state index contributed by atoms with van der Waals surface area (Å²) in [5, 5.41) is 9.24. The van der Waals surface area contributed by atoms with Crippen LogP contribution in [0.5, 0.6) is 0 Å². The average molecular weight is 283 g/mol. The van der Waals surface area contributed by atoms with Crippen LogP contribution in [0.4, 0.5) is 13.2 Å². The van der Waals surface area contributed by atoms with Crippen LogP contribution in [0.15, 0.2) is 11.4 Å². The predicted molar refractivity (Wildman–Crippen MR) is 59.5 cm³/mol. The Morgan fingerprint density at radius 1 is 1.61 bits per heavy atom. The molecule has 0 aliphatic carbocycles. The van der Waals surface area contributed by atoms with Gasteiger partial charge in [0.05, 0.1) is 6.61 Å². The number of carbonyl (C=O) groups is 1. The van der Waals surface area contributed by atoms with Crippen molar-refractivity contribution in [3.63, 3.8) is 0 Å². The Bertz CT molecular complexity index is 405. The van der Waals surface area contributed by atoms with Crippen LogP contribution in [0.2, 0.25) is 0 Å². The monoisotopic (exact) mass is 283 g/mol. The van der Waals surface area contributed by atoms with Crippen molar-refractivity contribution in [2.75, 3.05) is 13.2 Å². The summed E-state index contributed by atoms with van der Waals surface area (Å²) in [6, 6.07) is 2.17. The second-order valence-corrected chi connectivity index (χ2v) is 4.41. The van der Waals surface area contributed by atoms with Gasteiger partial charge in [0, 0.05) is 11.4 Å². The van der Waals surface area contributed by atoms with E-state index in [0.717, 1.165) is 13.0 Å². The molecule has 0 saturated heterocycles. The number of carboxylic acids is 1. The number of carboxylic acid groups (broad SMARTS) is 1. The molecule has 3 N–H and O–H groups in total. The fourth-order valence-corrected chi connectivity index (χ4v) is 2.41. The molecule has 4 nitrogen and oxygen atoms in total. The second kappa shape index (κ2) is 6.17. The molecule has 0 spiro atoms. The maximum Gasteiger partial charge on any atom is 0.490 e. The number of ether oxygens (including phenoxy) is 1. The van der Waals surface area contributed by atoms with E-state index in [4.69, 9.17) is 20.4 Å². The summed E-state index contributed by atoms with van der Waals surface area (Å²) in [6.45, 7) is 1.43. The maximum atomic E-state index is 10.6. The summed E-state index contributed by atoms with van der Waals surface area (Å²) in [6.07, 6.45) is -3.87. The van der Waals surface area contributed by atoms with Gasteiger partial charge >= 0.3 is 12.1 Å². The van der Waals surface area contributed by atoms with Gasteiger partial charge in [-0.1, -0.05) is 0 Å². The molecular weight excluding hydrogens is 271 g/mol. The summed E-state index contributed by atoms with van der Waals surface area (Å²) in [5.74, 6) is -2.76. The first-order chi connectivity index (χ1) is 8.36. The Kier molecular flexibility index (Phi) is 5.12. The summed E-state index contributed by atoms with van der Waals surface area (Å²) in [5.41, 5.74) is 6.99. The van der Waals surface area contributed by atoms with Crippen molar-refractivity contribution in [1.82, 2.24) is 0 Å². The average Bonchev–Trinajstić information content (AvgIpc) is 2.76. The first kappa shape index (κ1) is 14.9. The van der Waals surface area contributed by atoms with Crippen LogP contribution in [-0.2, 0) is 16.0 Å². The van der Waals surface area contributed by atoms with Crippen LogP contribution in [0.3, 0.4) is 0 Å². The van der Waals surface area contributed by atoms with Gasteiger partial charge in [0.2, 0.25) is 0 Å². The van der Waals surface area contributed by atoms with Gasteiger partial charge in [0.1, 0.15) is 6.10 Å². The first-order valence-electron chi connectivity index (χ1n) is 5.04. The zero-order chi connectivity index (χ0) is 13.8. The highest BCUT2D eigenvalue weighted by atomic mass is 32.1. The third-order valence-corrected chi connectivity index (χ3v) is 3.27. The molecule has 0 radical (unpaired) electrons. The van der Waals surface area contributed by atoms with E-state index in [1.165, 1.54) is 10.4 Å². The van der Waals surface area contributed by atoms with Crippen molar-refractivity contribution in [2.45, 2.75) is 18.7 Å². The van der Waals surface area contributed by atoms with Gasteiger partial charge in [0.25, 0.3) is 0 Å². The number of alkyl halides is 3. The summed E-state index contributed by atoms with van der Waals surface area (Å²) < 4.78 is 37.2. The molecule has 1 aliphatic heterocycles. The lowest BCUT2D eigenvalue weighted by molar-refractivity contribution is -0.192. The topological polar surface area (TPSA) is 72.5 Å². The zero-order valence-electron chi connectivity index (χ0n) is 9.24. The van der Waals surface area contributed by atoms with E-state index in [1.807, 2.05) is 0 Å². The predicted octanol–water partition coefficient (Wildman–Crippen LogP) is 1.95. The smallest absolute Gasteiger partial charge is 0.475 e. The number of fused-ring (bicyclic) bond motifs is 1. The van der Waals surface area contributed by atoms with Gasteiger partial charge in [-0.15, -0.1) is 11.3 Å². The number of halogens is 3. The minimum atomic E-state index is -5.08. The summed E-state index contributed by atoms with van der Waals surface area (Å²) in [7, 11) is 0. The SMILES string of the molecule is NC[C@H]1OCCc2ccsc21.O=C(O)C(F)(F)F. The molecule has 102 valence electrons. The lowest BCUT2D eigenvalue weighted by Gasteiger charge is -2.21. The molecule has 0 fully saturated rings. The molecule has 0 aromatic carbocycles. The molecule has 1 atom stereocenters. The van der Waals surface area contributed by atoms with Gasteiger partial charge in [-0.25, -0.2) is 4.79 Å². The molecule has 0 amide bonds. The highest BCUT2D eigenvalue weighted by Crippen LogP contribution is 2.30. The molecule has 1 aliphatic rings. The summed E-state index contributed by atoms with van der Waals surface area (Å²) in [4.78, 5) is 10.2. The zero-order valence-corrected chi connectivity index (χ0v) is 10.1. The molecule has 8 heteroatoms. The first-order valence-corrected chi connectivity index (χ1v) is 5.92. The van der Waals surface area contributed by atoms with E-state index in [2.05, 4.69) is 11.4 Å². The third-order valence-electron chi connectivity index (χ3n) is 2.22. The highest BCUT2D eigenvalue weighted by molar-refractivity contribution is 7.10. The Balaban J connectivity index is 0.000000203. The standard InChI is InChI=1S/C8H11NOS.C2HF3O2/c9-5-7-8-6(1-3-10-7)2-4-11-8;3-2(4,5)1(6)7/h2,4,7H,1,3,5,9H2;(H,6,7)/t7-;/m1./s1. The molecule has 0 bridgehead atoms. The lowest BCUT2D eigenvalue weighted by Crippen LogP contribution is -2.21. The quantitative estimate of drug-likeness (QED) is 0.826. The van der Waals surface area contributed by atoms with E-state index in [0.29, 0.717) is 6.54 Å². The number of rotatable bonds is 1. The van der Waals surface area contributed by atoms with E-state index in [9.17, 15) is 13.2 Å². The summed E-state index contributed by atoms with van der Waals surface area (Å²) >= 11 is 1.75. The van der Waals surface area contributed by atoms with Crippen LogP contribution in [0, 0.1) is 0 Å². The van der Waals surface area contributed by atoms with Crippen molar-refractivity contribution >= 4 is 17.3 Å². The fraction of sp³-hybridized carbons (Fsp3) is 0.500. The van der Waals surface area contributed by atoms with Gasteiger partial charge in [-0.05, 0) is 23.4 Å². The largest absolute Gasteiger partial charge is 0.490 e. The number of hydrogen-bond donors (Lipinski definition) is 2. The molecule has 1 aromatic rings. The van der Waals surface area contributed by atoms with E-state index in [-0.39, 0.29) is 6.10 Å². The second-order valence-electron chi connectivity index (χ2n) is 3.46. The Morgan fingerprint density at radius 2 is 2.22 bits per heavy atom. The van der Waals surface area contributed by atoms with Crippen molar-refractivity contribution in [2.24, 2.45) is 5.73 Å². The molecule has 0 unspecified atom stereocenters. The van der Waals surface area contributed by atoms with Crippen molar-refractivity contribution in [3.8, 4) is 0 Å². The van der Waals surface area contributed by atoms with Gasteiger partial charge in [-0.3, -0.25) is 0 Å². The van der Waals surface area contributed by atoms with Crippen molar-refractivity contribution < 1.29 is 27.8 Å². The fourth-order valence-electron chi connectivity index (χ4n) is 1.40. The van der Waals surface area contributed by atoms with E-state index < -0.39 is 12.1 Å². The Labute approximate surface area is 105 Å². The van der Waals surface area contributed by atoms with Gasteiger partial charge in [-0.2, -0.15) is 13.2 Å². The number of hydrogen-bond acceptors (Lipinski definition) is 4. The number of thiophene rings is 1. The van der Waals surface area contributed by atoms with E-state index in [1.54, 1.807) is 11.3 Å². The van der Waals surface area contributed by atoms with Crippen molar-refractivity contribution in [3.05, 3.63) is 21.9 Å².